The van der Waals surface area contributed by atoms with Gasteiger partial charge in [0, 0.05) is 37.6 Å². The molecule has 22 heavy (non-hydrogen) atoms. The molecule has 0 radical (unpaired) electrons. The van der Waals surface area contributed by atoms with E-state index in [4.69, 9.17) is 0 Å². The number of benzene rings is 1. The molecule has 0 bridgehead atoms. The molecule has 1 fully saturated rings. The van der Waals surface area contributed by atoms with Gasteiger partial charge in [0.05, 0.1) is 5.75 Å². The fourth-order valence-corrected chi connectivity index (χ4v) is 3.03. The molecule has 0 aromatic heterocycles. The lowest BCUT2D eigenvalue weighted by molar-refractivity contribution is -0.118. The summed E-state index contributed by atoms with van der Waals surface area (Å²) in [5, 5.41) is 6.35. The van der Waals surface area contributed by atoms with Crippen LogP contribution in [0.15, 0.2) is 29.2 Å². The fraction of sp³-hybridized carbons (Fsp3) is 0.562. The Labute approximate surface area is 143 Å². The zero-order chi connectivity index (χ0) is 14.9. The Bertz CT molecular complexity index is 436. The lowest BCUT2D eigenvalue weighted by Crippen LogP contribution is -2.44. The molecule has 1 aromatic carbocycles. The number of piperazine rings is 1. The monoisotopic (exact) mass is 343 g/mol. The molecule has 0 saturated carbocycles. The summed E-state index contributed by atoms with van der Waals surface area (Å²) in [6, 6.07) is 8.29. The molecule has 1 aromatic rings. The molecule has 1 aliphatic rings. The van der Waals surface area contributed by atoms with Gasteiger partial charge in [0.15, 0.2) is 0 Å². The van der Waals surface area contributed by atoms with Gasteiger partial charge in [0.2, 0.25) is 5.91 Å². The maximum Gasteiger partial charge on any atom is 0.230 e. The summed E-state index contributed by atoms with van der Waals surface area (Å²) < 4.78 is 0. The van der Waals surface area contributed by atoms with Crippen molar-refractivity contribution >= 4 is 30.1 Å². The number of amides is 1. The summed E-state index contributed by atoms with van der Waals surface area (Å²) in [5.41, 5.74) is 1.25. The number of thioether (sulfide) groups is 1. The van der Waals surface area contributed by atoms with Crippen molar-refractivity contribution in [2.45, 2.75) is 18.2 Å². The number of halogens is 1. The average molecular weight is 344 g/mol. The highest BCUT2D eigenvalue weighted by Gasteiger charge is 2.08. The number of hydrogen-bond acceptors (Lipinski definition) is 4. The zero-order valence-corrected chi connectivity index (χ0v) is 14.8. The van der Waals surface area contributed by atoms with E-state index in [0.29, 0.717) is 5.75 Å². The van der Waals surface area contributed by atoms with Crippen molar-refractivity contribution in [2.75, 3.05) is 45.0 Å². The standard InChI is InChI=1S/C16H25N3OS.ClH/c1-14-3-5-15(6-4-14)21-13-16(20)18-7-2-10-19-11-8-17-9-12-19;/h3-6,17H,2,7-13H2,1H3,(H,18,20);1H. The number of hydrogen-bond donors (Lipinski definition) is 2. The highest BCUT2D eigenvalue weighted by molar-refractivity contribution is 8.00. The third-order valence-electron chi connectivity index (χ3n) is 3.57. The van der Waals surface area contributed by atoms with Gasteiger partial charge >= 0.3 is 0 Å². The lowest BCUT2D eigenvalue weighted by atomic mass is 10.2. The quantitative estimate of drug-likeness (QED) is 0.586. The van der Waals surface area contributed by atoms with Crippen LogP contribution in [0.3, 0.4) is 0 Å². The van der Waals surface area contributed by atoms with Crippen molar-refractivity contribution in [2.24, 2.45) is 0 Å². The minimum atomic E-state index is 0. The second-order valence-electron chi connectivity index (χ2n) is 5.40. The molecular weight excluding hydrogens is 318 g/mol. The second-order valence-corrected chi connectivity index (χ2v) is 6.45. The summed E-state index contributed by atoms with van der Waals surface area (Å²) in [6.45, 7) is 8.33. The number of nitrogens with zero attached hydrogens (tertiary/aromatic N) is 1. The zero-order valence-electron chi connectivity index (χ0n) is 13.1. The predicted molar refractivity (Wildman–Crippen MR) is 96.1 cm³/mol. The van der Waals surface area contributed by atoms with Gasteiger partial charge in [0.1, 0.15) is 0 Å². The Morgan fingerprint density at radius 3 is 2.64 bits per heavy atom. The van der Waals surface area contributed by atoms with Crippen molar-refractivity contribution in [3.8, 4) is 0 Å². The molecule has 1 aliphatic heterocycles. The lowest BCUT2D eigenvalue weighted by Gasteiger charge is -2.27. The highest BCUT2D eigenvalue weighted by Crippen LogP contribution is 2.17. The second kappa shape index (κ2) is 10.9. The van der Waals surface area contributed by atoms with Crippen LogP contribution in [0.1, 0.15) is 12.0 Å². The average Bonchev–Trinajstić information content (AvgIpc) is 2.52. The summed E-state index contributed by atoms with van der Waals surface area (Å²) >= 11 is 1.59. The van der Waals surface area contributed by atoms with E-state index in [2.05, 4.69) is 46.7 Å². The largest absolute Gasteiger partial charge is 0.355 e. The molecule has 1 amide bonds. The van der Waals surface area contributed by atoms with Gasteiger partial charge < -0.3 is 15.5 Å². The van der Waals surface area contributed by atoms with Gasteiger partial charge in [-0.3, -0.25) is 4.79 Å². The Morgan fingerprint density at radius 2 is 1.95 bits per heavy atom. The van der Waals surface area contributed by atoms with Gasteiger partial charge in [-0.25, -0.2) is 0 Å². The SMILES string of the molecule is Cc1ccc(SCC(=O)NCCCN2CCNCC2)cc1.Cl. The van der Waals surface area contributed by atoms with Gasteiger partial charge in [-0.05, 0) is 32.0 Å². The summed E-state index contributed by atoms with van der Waals surface area (Å²) in [4.78, 5) is 15.4. The molecule has 2 rings (SSSR count). The van der Waals surface area contributed by atoms with Crippen LogP contribution in [0.25, 0.3) is 0 Å². The number of rotatable bonds is 7. The number of aryl methyl sites for hydroxylation is 1. The molecule has 0 aliphatic carbocycles. The molecule has 0 unspecified atom stereocenters. The fourth-order valence-electron chi connectivity index (χ4n) is 2.30. The summed E-state index contributed by atoms with van der Waals surface area (Å²) in [7, 11) is 0. The Morgan fingerprint density at radius 1 is 1.27 bits per heavy atom. The molecule has 1 heterocycles. The van der Waals surface area contributed by atoms with E-state index < -0.39 is 0 Å². The maximum absolute atomic E-state index is 11.8. The topological polar surface area (TPSA) is 44.4 Å². The van der Waals surface area contributed by atoms with E-state index in [0.717, 1.165) is 50.6 Å². The van der Waals surface area contributed by atoms with Crippen LogP contribution in [-0.4, -0.2) is 55.8 Å². The van der Waals surface area contributed by atoms with Crippen LogP contribution >= 0.6 is 24.2 Å². The molecule has 1 saturated heterocycles. The summed E-state index contributed by atoms with van der Waals surface area (Å²) in [5.74, 6) is 0.623. The van der Waals surface area contributed by atoms with Crippen LogP contribution < -0.4 is 10.6 Å². The van der Waals surface area contributed by atoms with Gasteiger partial charge in [-0.2, -0.15) is 0 Å². The van der Waals surface area contributed by atoms with E-state index in [1.807, 2.05) is 0 Å². The molecule has 2 N–H and O–H groups in total. The number of carbonyl (C=O) groups is 1. The van der Waals surface area contributed by atoms with Crippen molar-refractivity contribution < 1.29 is 4.79 Å². The van der Waals surface area contributed by atoms with Crippen molar-refractivity contribution in [1.82, 2.24) is 15.5 Å². The first-order chi connectivity index (χ1) is 10.2. The Hall–Kier alpha value is -0.750. The molecule has 124 valence electrons. The highest BCUT2D eigenvalue weighted by atomic mass is 35.5. The molecular formula is C16H26ClN3OS. The van der Waals surface area contributed by atoms with Gasteiger partial charge in [0.25, 0.3) is 0 Å². The van der Waals surface area contributed by atoms with E-state index >= 15 is 0 Å². The first-order valence-corrected chi connectivity index (χ1v) is 8.62. The van der Waals surface area contributed by atoms with Crippen LogP contribution in [0.2, 0.25) is 0 Å². The van der Waals surface area contributed by atoms with Crippen molar-refractivity contribution in [3.63, 3.8) is 0 Å². The van der Waals surface area contributed by atoms with Gasteiger partial charge in [-0.1, -0.05) is 17.7 Å². The van der Waals surface area contributed by atoms with Crippen LogP contribution in [0.4, 0.5) is 0 Å². The van der Waals surface area contributed by atoms with Crippen LogP contribution in [-0.2, 0) is 4.79 Å². The number of nitrogens with one attached hydrogen (secondary N) is 2. The number of carbonyl (C=O) groups excluding carboxylic acids is 1. The normalized spacial score (nSPS) is 15.1. The summed E-state index contributed by atoms with van der Waals surface area (Å²) in [6.07, 6.45) is 1.03. The van der Waals surface area contributed by atoms with Gasteiger partial charge in [-0.15, -0.1) is 24.2 Å². The third kappa shape index (κ3) is 7.49. The Kier molecular flexibility index (Phi) is 9.55. The smallest absolute Gasteiger partial charge is 0.230 e. The molecule has 0 atom stereocenters. The van der Waals surface area contributed by atoms with E-state index in [1.165, 1.54) is 5.56 Å². The van der Waals surface area contributed by atoms with Crippen LogP contribution in [0.5, 0.6) is 0 Å². The maximum atomic E-state index is 11.8. The first-order valence-electron chi connectivity index (χ1n) is 7.63. The third-order valence-corrected chi connectivity index (χ3v) is 4.59. The van der Waals surface area contributed by atoms with E-state index in [9.17, 15) is 4.79 Å². The van der Waals surface area contributed by atoms with Crippen LogP contribution in [0, 0.1) is 6.92 Å². The molecule has 6 heteroatoms. The predicted octanol–water partition coefficient (Wildman–Crippen LogP) is 1.92. The van der Waals surface area contributed by atoms with E-state index in [-0.39, 0.29) is 18.3 Å². The molecule has 0 spiro atoms. The first kappa shape index (κ1) is 19.3. The minimum Gasteiger partial charge on any atom is -0.355 e. The van der Waals surface area contributed by atoms with Crippen molar-refractivity contribution in [1.29, 1.82) is 0 Å². The molecule has 4 nitrogen and oxygen atoms in total. The van der Waals surface area contributed by atoms with E-state index in [1.54, 1.807) is 11.8 Å². The minimum absolute atomic E-state index is 0. The Balaban J connectivity index is 0.00000242. The van der Waals surface area contributed by atoms with Crippen molar-refractivity contribution in [3.05, 3.63) is 29.8 Å².